The molecular weight excluding hydrogens is 278 g/mol. The van der Waals surface area contributed by atoms with Crippen LogP contribution >= 0.6 is 0 Å². The molecule has 1 aliphatic rings. The molecule has 22 heavy (non-hydrogen) atoms. The zero-order chi connectivity index (χ0) is 16.0. The maximum absolute atomic E-state index is 11.9. The lowest BCUT2D eigenvalue weighted by Gasteiger charge is -2.18. The standard InChI is InChI=1S/C17H27N3O2/c1-3-20(4-2)11-14-6-5-7-15(10-14)19-16(22)18-12-17(13-21)8-9-17/h5-7,10,21H,3-4,8-9,11-13H2,1-2H3,(H2,18,19,22). The molecule has 3 N–H and O–H groups in total. The first kappa shape index (κ1) is 16.8. The molecular formula is C17H27N3O2. The largest absolute Gasteiger partial charge is 0.396 e. The molecule has 1 aromatic rings. The van der Waals surface area contributed by atoms with Gasteiger partial charge in [-0.05, 0) is 43.6 Å². The normalized spacial score (nSPS) is 15.6. The molecule has 0 atom stereocenters. The Bertz CT molecular complexity index is 496. The van der Waals surface area contributed by atoms with Gasteiger partial charge in [0, 0.05) is 24.2 Å². The fraction of sp³-hybridized carbons (Fsp3) is 0.588. The molecule has 0 radical (unpaired) electrons. The molecule has 5 heteroatoms. The highest BCUT2D eigenvalue weighted by atomic mass is 16.3. The highest BCUT2D eigenvalue weighted by Crippen LogP contribution is 2.44. The molecule has 1 saturated carbocycles. The minimum absolute atomic E-state index is 0.0675. The van der Waals surface area contributed by atoms with E-state index in [0.29, 0.717) is 6.54 Å². The summed E-state index contributed by atoms with van der Waals surface area (Å²) in [5, 5.41) is 15.0. The Hall–Kier alpha value is -1.59. The number of aliphatic hydroxyl groups excluding tert-OH is 1. The second-order valence-corrected chi connectivity index (χ2v) is 6.13. The first-order chi connectivity index (χ1) is 10.6. The van der Waals surface area contributed by atoms with Gasteiger partial charge in [0.05, 0.1) is 6.61 Å². The number of carbonyl (C=O) groups is 1. The van der Waals surface area contributed by atoms with Gasteiger partial charge in [-0.2, -0.15) is 0 Å². The maximum Gasteiger partial charge on any atom is 0.319 e. The summed E-state index contributed by atoms with van der Waals surface area (Å²) in [6.45, 7) is 7.89. The van der Waals surface area contributed by atoms with Gasteiger partial charge in [-0.1, -0.05) is 26.0 Å². The number of amides is 2. The average Bonchev–Trinajstić information content (AvgIpc) is 3.32. The summed E-state index contributed by atoms with van der Waals surface area (Å²) < 4.78 is 0. The third kappa shape index (κ3) is 4.71. The molecule has 1 aliphatic carbocycles. The number of hydrogen-bond donors (Lipinski definition) is 3. The minimum atomic E-state index is -0.209. The summed E-state index contributed by atoms with van der Waals surface area (Å²) in [4.78, 5) is 14.3. The van der Waals surface area contributed by atoms with Crippen molar-refractivity contribution in [2.45, 2.75) is 33.2 Å². The van der Waals surface area contributed by atoms with E-state index < -0.39 is 0 Å². The van der Waals surface area contributed by atoms with Crippen LogP contribution in [0.15, 0.2) is 24.3 Å². The lowest BCUT2D eigenvalue weighted by atomic mass is 10.1. The molecule has 0 spiro atoms. The molecule has 0 unspecified atom stereocenters. The predicted octanol–water partition coefficient (Wildman–Crippen LogP) is 2.42. The van der Waals surface area contributed by atoms with Crippen molar-refractivity contribution in [2.24, 2.45) is 5.41 Å². The van der Waals surface area contributed by atoms with Crippen molar-refractivity contribution in [1.82, 2.24) is 10.2 Å². The number of hydrogen-bond acceptors (Lipinski definition) is 3. The van der Waals surface area contributed by atoms with Crippen molar-refractivity contribution in [2.75, 3.05) is 31.6 Å². The van der Waals surface area contributed by atoms with E-state index in [0.717, 1.165) is 38.2 Å². The number of carbonyl (C=O) groups excluding carboxylic acids is 1. The van der Waals surface area contributed by atoms with Gasteiger partial charge in [0.2, 0.25) is 0 Å². The number of rotatable bonds is 8. The SMILES string of the molecule is CCN(CC)Cc1cccc(NC(=O)NCC2(CO)CC2)c1. The maximum atomic E-state index is 11.9. The first-order valence-electron chi connectivity index (χ1n) is 8.08. The molecule has 1 fully saturated rings. The number of anilines is 1. The van der Waals surface area contributed by atoms with Crippen LogP contribution in [0.3, 0.4) is 0 Å². The van der Waals surface area contributed by atoms with Crippen LogP contribution in [0.25, 0.3) is 0 Å². The van der Waals surface area contributed by atoms with Gasteiger partial charge < -0.3 is 15.7 Å². The monoisotopic (exact) mass is 305 g/mol. The highest BCUT2D eigenvalue weighted by Gasteiger charge is 2.42. The van der Waals surface area contributed by atoms with E-state index in [-0.39, 0.29) is 18.1 Å². The Balaban J connectivity index is 1.85. The smallest absolute Gasteiger partial charge is 0.319 e. The zero-order valence-electron chi connectivity index (χ0n) is 13.6. The van der Waals surface area contributed by atoms with E-state index in [2.05, 4.69) is 35.4 Å². The number of nitrogens with zero attached hydrogens (tertiary/aromatic N) is 1. The van der Waals surface area contributed by atoms with Crippen LogP contribution in [0.4, 0.5) is 10.5 Å². The second-order valence-electron chi connectivity index (χ2n) is 6.13. The van der Waals surface area contributed by atoms with Crippen LogP contribution < -0.4 is 10.6 Å². The van der Waals surface area contributed by atoms with Gasteiger partial charge in [-0.15, -0.1) is 0 Å². The van der Waals surface area contributed by atoms with E-state index in [1.807, 2.05) is 18.2 Å². The van der Waals surface area contributed by atoms with Gasteiger partial charge in [0.25, 0.3) is 0 Å². The van der Waals surface area contributed by atoms with E-state index in [1.165, 1.54) is 5.56 Å². The Morgan fingerprint density at radius 3 is 2.64 bits per heavy atom. The molecule has 5 nitrogen and oxygen atoms in total. The molecule has 122 valence electrons. The Kier molecular flexibility index (Phi) is 5.80. The van der Waals surface area contributed by atoms with E-state index >= 15 is 0 Å². The van der Waals surface area contributed by atoms with Crippen LogP contribution in [-0.2, 0) is 6.54 Å². The van der Waals surface area contributed by atoms with Crippen LogP contribution in [0.1, 0.15) is 32.3 Å². The van der Waals surface area contributed by atoms with E-state index in [9.17, 15) is 9.90 Å². The van der Waals surface area contributed by atoms with E-state index in [4.69, 9.17) is 0 Å². The van der Waals surface area contributed by atoms with Gasteiger partial charge >= 0.3 is 6.03 Å². The molecule has 0 heterocycles. The first-order valence-corrected chi connectivity index (χ1v) is 8.08. The summed E-state index contributed by atoms with van der Waals surface area (Å²) in [7, 11) is 0. The fourth-order valence-corrected chi connectivity index (χ4v) is 2.46. The molecule has 0 aromatic heterocycles. The lowest BCUT2D eigenvalue weighted by Crippen LogP contribution is -2.35. The van der Waals surface area contributed by atoms with Crippen LogP contribution in [-0.4, -0.2) is 42.3 Å². The average molecular weight is 305 g/mol. The quantitative estimate of drug-likeness (QED) is 0.691. The van der Waals surface area contributed by atoms with Gasteiger partial charge in [0.1, 0.15) is 0 Å². The molecule has 0 bridgehead atoms. The second kappa shape index (κ2) is 7.61. The third-order valence-corrected chi connectivity index (χ3v) is 4.40. The summed E-state index contributed by atoms with van der Waals surface area (Å²) in [5.41, 5.74) is 1.92. The summed E-state index contributed by atoms with van der Waals surface area (Å²) >= 11 is 0. The van der Waals surface area contributed by atoms with E-state index in [1.54, 1.807) is 0 Å². The third-order valence-electron chi connectivity index (χ3n) is 4.40. The summed E-state index contributed by atoms with van der Waals surface area (Å²) in [6, 6.07) is 7.73. The lowest BCUT2D eigenvalue weighted by molar-refractivity contribution is 0.206. The number of nitrogens with one attached hydrogen (secondary N) is 2. The zero-order valence-corrected chi connectivity index (χ0v) is 13.6. The Morgan fingerprint density at radius 2 is 2.05 bits per heavy atom. The fourth-order valence-electron chi connectivity index (χ4n) is 2.46. The molecule has 2 rings (SSSR count). The van der Waals surface area contributed by atoms with Crippen molar-refractivity contribution < 1.29 is 9.90 Å². The van der Waals surface area contributed by atoms with Crippen LogP contribution in [0, 0.1) is 5.41 Å². The molecule has 0 saturated heterocycles. The van der Waals surface area contributed by atoms with Gasteiger partial charge in [0.15, 0.2) is 0 Å². The highest BCUT2D eigenvalue weighted by molar-refractivity contribution is 5.89. The number of urea groups is 1. The predicted molar refractivity (Wildman–Crippen MR) is 88.8 cm³/mol. The summed E-state index contributed by atoms with van der Waals surface area (Å²) in [5.74, 6) is 0. The van der Waals surface area contributed by atoms with Crippen molar-refractivity contribution in [3.63, 3.8) is 0 Å². The Labute approximate surface area is 132 Å². The van der Waals surface area contributed by atoms with Gasteiger partial charge in [-0.3, -0.25) is 4.90 Å². The van der Waals surface area contributed by atoms with Gasteiger partial charge in [-0.25, -0.2) is 4.79 Å². The number of aliphatic hydroxyl groups is 1. The number of benzene rings is 1. The van der Waals surface area contributed by atoms with Crippen molar-refractivity contribution in [3.8, 4) is 0 Å². The minimum Gasteiger partial charge on any atom is -0.396 e. The Morgan fingerprint density at radius 1 is 1.32 bits per heavy atom. The van der Waals surface area contributed by atoms with Crippen LogP contribution in [0.5, 0.6) is 0 Å². The molecule has 0 aliphatic heterocycles. The molecule has 2 amide bonds. The van der Waals surface area contributed by atoms with Crippen molar-refractivity contribution >= 4 is 11.7 Å². The molecule has 1 aromatic carbocycles. The van der Waals surface area contributed by atoms with Crippen LogP contribution in [0.2, 0.25) is 0 Å². The van der Waals surface area contributed by atoms with Crippen molar-refractivity contribution in [3.05, 3.63) is 29.8 Å². The van der Waals surface area contributed by atoms with Crippen molar-refractivity contribution in [1.29, 1.82) is 0 Å². The summed E-state index contributed by atoms with van der Waals surface area (Å²) in [6.07, 6.45) is 1.98. The topological polar surface area (TPSA) is 64.6 Å².